The number of rotatable bonds is 8. The molecule has 0 atom stereocenters. The Bertz CT molecular complexity index is 370. The van der Waals surface area contributed by atoms with Gasteiger partial charge in [-0.3, -0.25) is 0 Å². The fourth-order valence-corrected chi connectivity index (χ4v) is 2.60. The average molecular weight is 301 g/mol. The van der Waals surface area contributed by atoms with Crippen molar-refractivity contribution >= 4 is 35.1 Å². The number of carbonyl (C=O) groups excluding carboxylic acids is 1. The lowest BCUT2D eigenvalue weighted by Crippen LogP contribution is -2.29. The van der Waals surface area contributed by atoms with E-state index in [2.05, 4.69) is 17.6 Å². The summed E-state index contributed by atoms with van der Waals surface area (Å²) < 4.78 is 0. The van der Waals surface area contributed by atoms with E-state index in [-0.39, 0.29) is 6.03 Å². The molecule has 106 valence electrons. The molecule has 2 amide bonds. The van der Waals surface area contributed by atoms with Gasteiger partial charge in [-0.05, 0) is 48.6 Å². The first kappa shape index (κ1) is 16.2. The van der Waals surface area contributed by atoms with Crippen LogP contribution in [0, 0.1) is 0 Å². The third-order valence-electron chi connectivity index (χ3n) is 2.50. The highest BCUT2D eigenvalue weighted by Crippen LogP contribution is 2.13. The molecular weight excluding hydrogens is 280 g/mol. The number of hydrogen-bond acceptors (Lipinski definition) is 2. The van der Waals surface area contributed by atoms with Gasteiger partial charge in [-0.1, -0.05) is 24.9 Å². The van der Waals surface area contributed by atoms with Gasteiger partial charge in [-0.25, -0.2) is 4.79 Å². The van der Waals surface area contributed by atoms with Crippen molar-refractivity contribution < 1.29 is 4.79 Å². The highest BCUT2D eigenvalue weighted by atomic mass is 35.5. The molecule has 0 radical (unpaired) electrons. The zero-order chi connectivity index (χ0) is 13.9. The standard InChI is InChI=1S/C14H21ClN2OS/c1-2-3-10-19-11-4-9-16-14(18)17-13-7-5-12(15)6-8-13/h5-8H,2-4,9-11H2,1H3,(H2,16,17,18). The number of anilines is 1. The molecule has 0 fully saturated rings. The van der Waals surface area contributed by atoms with Crippen LogP contribution in [0.2, 0.25) is 5.02 Å². The minimum atomic E-state index is -0.166. The summed E-state index contributed by atoms with van der Waals surface area (Å²) in [4.78, 5) is 11.6. The second-order valence-corrected chi connectivity index (χ2v) is 5.87. The minimum absolute atomic E-state index is 0.166. The molecule has 0 aliphatic carbocycles. The SMILES string of the molecule is CCCCSCCCNC(=O)Nc1ccc(Cl)cc1. The summed E-state index contributed by atoms with van der Waals surface area (Å²) >= 11 is 7.72. The van der Waals surface area contributed by atoms with Crippen LogP contribution in [0.5, 0.6) is 0 Å². The van der Waals surface area contributed by atoms with E-state index in [1.807, 2.05) is 11.8 Å². The fourth-order valence-electron chi connectivity index (χ4n) is 1.43. The topological polar surface area (TPSA) is 41.1 Å². The Morgan fingerprint density at radius 3 is 2.58 bits per heavy atom. The molecule has 0 unspecified atom stereocenters. The van der Waals surface area contributed by atoms with Crippen molar-refractivity contribution in [2.45, 2.75) is 26.2 Å². The second-order valence-electron chi connectivity index (χ2n) is 4.21. The lowest BCUT2D eigenvalue weighted by Gasteiger charge is -2.07. The van der Waals surface area contributed by atoms with Gasteiger partial charge in [0, 0.05) is 17.3 Å². The summed E-state index contributed by atoms with van der Waals surface area (Å²) in [6.07, 6.45) is 3.52. The maximum absolute atomic E-state index is 11.6. The van der Waals surface area contributed by atoms with Crippen LogP contribution < -0.4 is 10.6 Å². The summed E-state index contributed by atoms with van der Waals surface area (Å²) in [5.74, 6) is 2.31. The van der Waals surface area contributed by atoms with E-state index >= 15 is 0 Å². The van der Waals surface area contributed by atoms with Crippen molar-refractivity contribution in [2.24, 2.45) is 0 Å². The maximum Gasteiger partial charge on any atom is 0.319 e. The number of thioether (sulfide) groups is 1. The summed E-state index contributed by atoms with van der Waals surface area (Å²) in [6, 6.07) is 6.90. The Kier molecular flexibility index (Phi) is 8.50. The molecule has 5 heteroatoms. The van der Waals surface area contributed by atoms with Crippen LogP contribution >= 0.6 is 23.4 Å². The molecule has 2 N–H and O–H groups in total. The van der Waals surface area contributed by atoms with Crippen LogP contribution in [-0.2, 0) is 0 Å². The molecule has 0 heterocycles. The summed E-state index contributed by atoms with van der Waals surface area (Å²) in [7, 11) is 0. The molecule has 0 bridgehead atoms. The van der Waals surface area contributed by atoms with Gasteiger partial charge in [-0.15, -0.1) is 0 Å². The molecule has 19 heavy (non-hydrogen) atoms. The van der Waals surface area contributed by atoms with E-state index in [9.17, 15) is 4.79 Å². The van der Waals surface area contributed by atoms with Crippen molar-refractivity contribution in [1.29, 1.82) is 0 Å². The second kappa shape index (κ2) is 9.98. The number of nitrogens with one attached hydrogen (secondary N) is 2. The number of carbonyl (C=O) groups is 1. The van der Waals surface area contributed by atoms with Crippen LogP contribution in [0.15, 0.2) is 24.3 Å². The maximum atomic E-state index is 11.6. The molecule has 0 saturated heterocycles. The van der Waals surface area contributed by atoms with E-state index in [1.165, 1.54) is 18.6 Å². The van der Waals surface area contributed by atoms with Crippen LogP contribution in [0.25, 0.3) is 0 Å². The third-order valence-corrected chi connectivity index (χ3v) is 3.90. The van der Waals surface area contributed by atoms with Gasteiger partial charge in [0.2, 0.25) is 0 Å². The molecule has 0 aromatic heterocycles. The van der Waals surface area contributed by atoms with Gasteiger partial charge in [-0.2, -0.15) is 11.8 Å². The van der Waals surface area contributed by atoms with Gasteiger partial charge in [0.25, 0.3) is 0 Å². The summed E-state index contributed by atoms with van der Waals surface area (Å²) in [6.45, 7) is 2.90. The fraction of sp³-hybridized carbons (Fsp3) is 0.500. The Morgan fingerprint density at radius 2 is 1.89 bits per heavy atom. The average Bonchev–Trinajstić information content (AvgIpc) is 2.40. The summed E-state index contributed by atoms with van der Waals surface area (Å²) in [5, 5.41) is 6.27. The zero-order valence-corrected chi connectivity index (χ0v) is 12.8. The van der Waals surface area contributed by atoms with Crippen molar-refractivity contribution in [1.82, 2.24) is 5.32 Å². The lowest BCUT2D eigenvalue weighted by molar-refractivity contribution is 0.252. The van der Waals surface area contributed by atoms with Gasteiger partial charge in [0.05, 0.1) is 0 Å². The molecule has 0 saturated carbocycles. The molecule has 0 spiro atoms. The first-order valence-corrected chi connectivity index (χ1v) is 8.14. The number of unbranched alkanes of at least 4 members (excludes halogenated alkanes) is 1. The van der Waals surface area contributed by atoms with Crippen molar-refractivity contribution in [2.75, 3.05) is 23.4 Å². The van der Waals surface area contributed by atoms with Crippen molar-refractivity contribution in [3.8, 4) is 0 Å². The van der Waals surface area contributed by atoms with E-state index in [0.29, 0.717) is 11.6 Å². The quantitative estimate of drug-likeness (QED) is 0.699. The van der Waals surface area contributed by atoms with Crippen LogP contribution in [0.1, 0.15) is 26.2 Å². The normalized spacial score (nSPS) is 10.2. The first-order valence-electron chi connectivity index (χ1n) is 6.60. The zero-order valence-electron chi connectivity index (χ0n) is 11.2. The lowest BCUT2D eigenvalue weighted by atomic mass is 10.3. The van der Waals surface area contributed by atoms with Gasteiger partial charge in [0.1, 0.15) is 0 Å². The van der Waals surface area contributed by atoms with Gasteiger partial charge >= 0.3 is 6.03 Å². The van der Waals surface area contributed by atoms with Crippen LogP contribution in [0.3, 0.4) is 0 Å². The molecule has 1 aromatic carbocycles. The smallest absolute Gasteiger partial charge is 0.319 e. The van der Waals surface area contributed by atoms with E-state index in [0.717, 1.165) is 17.9 Å². The van der Waals surface area contributed by atoms with Gasteiger partial charge < -0.3 is 10.6 Å². The Morgan fingerprint density at radius 1 is 1.21 bits per heavy atom. The van der Waals surface area contributed by atoms with Crippen LogP contribution in [0.4, 0.5) is 10.5 Å². The summed E-state index contributed by atoms with van der Waals surface area (Å²) in [5.41, 5.74) is 0.749. The largest absolute Gasteiger partial charge is 0.338 e. The Labute approximate surface area is 124 Å². The molecule has 1 rings (SSSR count). The Balaban J connectivity index is 2.06. The first-order chi connectivity index (χ1) is 9.22. The monoisotopic (exact) mass is 300 g/mol. The van der Waals surface area contributed by atoms with E-state index in [1.54, 1.807) is 24.3 Å². The molecular formula is C14H21ClN2OS. The van der Waals surface area contributed by atoms with Crippen molar-refractivity contribution in [3.05, 3.63) is 29.3 Å². The number of amides is 2. The minimum Gasteiger partial charge on any atom is -0.338 e. The number of hydrogen-bond donors (Lipinski definition) is 2. The number of urea groups is 1. The van der Waals surface area contributed by atoms with E-state index in [4.69, 9.17) is 11.6 Å². The van der Waals surface area contributed by atoms with Gasteiger partial charge in [0.15, 0.2) is 0 Å². The third kappa shape index (κ3) is 8.01. The Hall–Kier alpha value is -0.870. The molecule has 3 nitrogen and oxygen atoms in total. The van der Waals surface area contributed by atoms with E-state index < -0.39 is 0 Å². The highest BCUT2D eigenvalue weighted by molar-refractivity contribution is 7.99. The molecule has 0 aliphatic rings. The number of benzene rings is 1. The molecule has 1 aromatic rings. The predicted molar refractivity (Wildman–Crippen MR) is 85.3 cm³/mol. The van der Waals surface area contributed by atoms with Crippen molar-refractivity contribution in [3.63, 3.8) is 0 Å². The highest BCUT2D eigenvalue weighted by Gasteiger charge is 2.00. The molecule has 0 aliphatic heterocycles. The predicted octanol–water partition coefficient (Wildman–Crippen LogP) is 4.38. The number of halogens is 1. The van der Waals surface area contributed by atoms with Crippen LogP contribution in [-0.4, -0.2) is 24.1 Å².